The van der Waals surface area contributed by atoms with Gasteiger partial charge in [-0.1, -0.05) is 225 Å². The Morgan fingerprint density at radius 2 is 0.689 bits per heavy atom. The second kappa shape index (κ2) is 17.2. The predicted octanol–water partition coefficient (Wildman–Crippen LogP) is 21.0. The normalized spacial score (nSPS) is 13.1. The lowest BCUT2D eigenvalue weighted by atomic mass is 9.78. The highest BCUT2D eigenvalue weighted by Gasteiger charge is 2.27. The predicted molar refractivity (Wildman–Crippen MR) is 324 cm³/mol. The van der Waals surface area contributed by atoms with Crippen LogP contribution in [0.3, 0.4) is 0 Å². The quantitative estimate of drug-likeness (QED) is 0.151. The molecule has 0 saturated carbocycles. The molecule has 11 rings (SSSR count). The molecule has 0 spiro atoms. The minimum absolute atomic E-state index is 0.0212. The summed E-state index contributed by atoms with van der Waals surface area (Å²) in [4.78, 5) is 2.54. The molecule has 10 aromatic carbocycles. The van der Waals surface area contributed by atoms with Gasteiger partial charge in [-0.15, -0.1) is 0 Å². The van der Waals surface area contributed by atoms with Gasteiger partial charge in [0.05, 0.1) is 22.4 Å². The molecular weight excluding hydrogens is 893 g/mol. The highest BCUT2D eigenvalue weighted by Crippen LogP contribution is 2.48. The van der Waals surface area contributed by atoms with Gasteiger partial charge in [-0.3, -0.25) is 0 Å². The van der Waals surface area contributed by atoms with E-state index in [1.165, 1.54) is 121 Å². The van der Waals surface area contributed by atoms with E-state index in [1.54, 1.807) is 0 Å². The van der Waals surface area contributed by atoms with Gasteiger partial charge in [-0.05, 0) is 153 Å². The highest BCUT2D eigenvalue weighted by atomic mass is 15.1. The summed E-state index contributed by atoms with van der Waals surface area (Å²) in [5.41, 5.74) is 18.7. The molecule has 0 atom stereocenters. The fourth-order valence-corrected chi connectivity index (χ4v) is 11.2. The Morgan fingerprint density at radius 1 is 0.297 bits per heavy atom. The first-order chi connectivity index (χ1) is 34.8. The lowest BCUT2D eigenvalue weighted by molar-refractivity contribution is 0.568. The Kier molecular flexibility index (Phi) is 11.4. The van der Waals surface area contributed by atoms with E-state index in [2.05, 4.69) is 289 Å². The van der Waals surface area contributed by atoms with Crippen molar-refractivity contribution >= 4 is 71.2 Å². The van der Waals surface area contributed by atoms with Crippen molar-refractivity contribution in [2.45, 2.75) is 131 Å². The molecule has 0 fully saturated rings. The van der Waals surface area contributed by atoms with Gasteiger partial charge >= 0.3 is 0 Å². The van der Waals surface area contributed by atoms with E-state index in [9.17, 15) is 0 Å². The molecule has 0 amide bonds. The number of fused-ring (bicyclic) bond motifs is 3. The third-order valence-electron chi connectivity index (χ3n) is 15.8. The van der Waals surface area contributed by atoms with E-state index < -0.39 is 0 Å². The second-order valence-electron chi connectivity index (χ2n) is 26.5. The van der Waals surface area contributed by atoms with Crippen LogP contribution in [-0.4, -0.2) is 4.57 Å². The maximum atomic E-state index is 2.54. The van der Waals surface area contributed by atoms with Gasteiger partial charge in [-0.2, -0.15) is 0 Å². The van der Waals surface area contributed by atoms with Crippen LogP contribution in [-0.2, 0) is 27.1 Å². The molecule has 0 bridgehead atoms. The molecule has 0 saturated heterocycles. The molecule has 0 aliphatic rings. The topological polar surface area (TPSA) is 8.17 Å². The summed E-state index contributed by atoms with van der Waals surface area (Å²) in [7, 11) is 0. The smallest absolute Gasteiger partial charge is 0.0541 e. The third kappa shape index (κ3) is 8.64. The number of benzene rings is 10. The standard InChI is InChI=1S/C72H74N2/c1-68(2,3)51-37-48(36-49(38-51)50-39-52(69(4,5)6)41-53(40-50)70(7,8)9)45-24-30-56(31-25-45)73(57-43-54(71(10,11)12)42-55(44-57)72(13,14)15)64-34-28-46-27-33-61-65(35-29-47-26-32-60(64)66(46)67(47)61)74-62-22-18-16-20-58(62)59-21-17-19-23-63(59)74/h16-44H,1-15H3. The molecule has 0 unspecified atom stereocenters. The Hall–Kier alpha value is -7.16. The van der Waals surface area contributed by atoms with Gasteiger partial charge in [0.1, 0.15) is 0 Å². The number of anilines is 3. The minimum atomic E-state index is -0.0623. The molecule has 0 aliphatic heterocycles. The van der Waals surface area contributed by atoms with Crippen molar-refractivity contribution in [1.82, 2.24) is 4.57 Å². The zero-order valence-corrected chi connectivity index (χ0v) is 46.6. The Bertz CT molecular complexity index is 3840. The zero-order chi connectivity index (χ0) is 52.4. The van der Waals surface area contributed by atoms with Crippen LogP contribution in [0, 0.1) is 0 Å². The summed E-state index contributed by atoms with van der Waals surface area (Å²) >= 11 is 0. The van der Waals surface area contributed by atoms with E-state index in [0.29, 0.717) is 0 Å². The number of nitrogens with zero attached hydrogens (tertiary/aromatic N) is 2. The molecule has 2 nitrogen and oxygen atoms in total. The molecule has 74 heavy (non-hydrogen) atoms. The SMILES string of the molecule is CC(C)(C)c1cc(-c2ccc(N(c3cc(C(C)(C)C)cc(C(C)(C)C)c3)c3ccc4ccc5c(-n6c7ccccc7c7ccccc76)ccc6ccc3c4c65)cc2)cc(-c2cc(C(C)(C)C)cc(C(C)(C)C)c2)c1. The summed E-state index contributed by atoms with van der Waals surface area (Å²) in [6.45, 7) is 35.0. The summed E-state index contributed by atoms with van der Waals surface area (Å²) in [5.74, 6) is 0. The van der Waals surface area contributed by atoms with Crippen molar-refractivity contribution in [3.63, 3.8) is 0 Å². The van der Waals surface area contributed by atoms with Crippen molar-refractivity contribution in [3.05, 3.63) is 204 Å². The van der Waals surface area contributed by atoms with Crippen LogP contribution in [0.15, 0.2) is 176 Å². The maximum absolute atomic E-state index is 2.54. The molecule has 2 heteroatoms. The van der Waals surface area contributed by atoms with Crippen LogP contribution in [0.25, 0.3) is 82.1 Å². The summed E-state index contributed by atoms with van der Waals surface area (Å²) in [6, 6.07) is 67.8. The zero-order valence-electron chi connectivity index (χ0n) is 46.6. The molecule has 372 valence electrons. The van der Waals surface area contributed by atoms with E-state index in [-0.39, 0.29) is 27.1 Å². The van der Waals surface area contributed by atoms with Gasteiger partial charge in [0.15, 0.2) is 0 Å². The maximum Gasteiger partial charge on any atom is 0.0541 e. The van der Waals surface area contributed by atoms with Crippen LogP contribution in [0.2, 0.25) is 0 Å². The number of aromatic nitrogens is 1. The van der Waals surface area contributed by atoms with Gasteiger partial charge in [-0.25, -0.2) is 0 Å². The van der Waals surface area contributed by atoms with E-state index in [4.69, 9.17) is 0 Å². The monoisotopic (exact) mass is 967 g/mol. The Balaban J connectivity index is 1.12. The first-order valence-corrected chi connectivity index (χ1v) is 26.9. The molecule has 0 radical (unpaired) electrons. The first kappa shape index (κ1) is 49.1. The van der Waals surface area contributed by atoms with E-state index in [0.717, 1.165) is 5.69 Å². The summed E-state index contributed by atoms with van der Waals surface area (Å²) in [6.07, 6.45) is 0. The van der Waals surface area contributed by atoms with Crippen LogP contribution in [0.4, 0.5) is 17.1 Å². The third-order valence-corrected chi connectivity index (χ3v) is 15.8. The van der Waals surface area contributed by atoms with Gasteiger partial charge in [0.25, 0.3) is 0 Å². The number of para-hydroxylation sites is 2. The van der Waals surface area contributed by atoms with Gasteiger partial charge in [0.2, 0.25) is 0 Å². The van der Waals surface area contributed by atoms with E-state index in [1.807, 2.05) is 0 Å². The summed E-state index contributed by atoms with van der Waals surface area (Å²) < 4.78 is 2.48. The number of rotatable bonds is 6. The van der Waals surface area contributed by atoms with Crippen molar-refractivity contribution < 1.29 is 0 Å². The molecule has 0 aliphatic carbocycles. The van der Waals surface area contributed by atoms with Gasteiger partial charge in [0, 0.05) is 32.9 Å². The fraction of sp³-hybridized carbons (Fsp3) is 0.278. The second-order valence-corrected chi connectivity index (χ2v) is 26.5. The van der Waals surface area contributed by atoms with Crippen LogP contribution >= 0.6 is 0 Å². The van der Waals surface area contributed by atoms with Crippen LogP contribution < -0.4 is 4.90 Å². The molecular formula is C72H74N2. The van der Waals surface area contributed by atoms with Crippen molar-refractivity contribution in [2.24, 2.45) is 0 Å². The summed E-state index contributed by atoms with van der Waals surface area (Å²) in [5, 5.41) is 10.1. The number of hydrogen-bond donors (Lipinski definition) is 0. The van der Waals surface area contributed by atoms with Crippen molar-refractivity contribution in [2.75, 3.05) is 4.90 Å². The van der Waals surface area contributed by atoms with Crippen molar-refractivity contribution in [3.8, 4) is 27.9 Å². The fourth-order valence-electron chi connectivity index (χ4n) is 11.2. The first-order valence-electron chi connectivity index (χ1n) is 26.9. The molecule has 1 heterocycles. The average Bonchev–Trinajstić information content (AvgIpc) is 3.68. The average molecular weight is 967 g/mol. The largest absolute Gasteiger partial charge is 0.310 e. The Labute approximate surface area is 441 Å². The van der Waals surface area contributed by atoms with E-state index >= 15 is 0 Å². The van der Waals surface area contributed by atoms with Crippen LogP contribution in [0.5, 0.6) is 0 Å². The molecule has 0 N–H and O–H groups in total. The molecule has 11 aromatic rings. The van der Waals surface area contributed by atoms with Crippen LogP contribution in [0.1, 0.15) is 132 Å². The number of hydrogen-bond acceptors (Lipinski definition) is 1. The lowest BCUT2D eigenvalue weighted by Crippen LogP contribution is -2.19. The lowest BCUT2D eigenvalue weighted by Gasteiger charge is -2.32. The Morgan fingerprint density at radius 3 is 1.19 bits per heavy atom. The van der Waals surface area contributed by atoms with Gasteiger partial charge < -0.3 is 9.47 Å². The van der Waals surface area contributed by atoms with Crippen molar-refractivity contribution in [1.29, 1.82) is 0 Å². The highest BCUT2D eigenvalue weighted by molar-refractivity contribution is 6.27. The minimum Gasteiger partial charge on any atom is -0.310 e. The molecule has 1 aromatic heterocycles.